The quantitative estimate of drug-likeness (QED) is 0.606. The van der Waals surface area contributed by atoms with Gasteiger partial charge in [-0.1, -0.05) is 6.92 Å². The Balaban J connectivity index is 1.66. The normalized spacial score (nSPS) is 20.8. The van der Waals surface area contributed by atoms with Crippen molar-refractivity contribution in [2.75, 3.05) is 23.8 Å². The standard InChI is InChI=1S/C25H30FN5O/c1-4-31(3)18-12-21-22(26)6-5-20(24(21)29-13-18)25(32)30-23-14-28-8-7-19(23)16-9-15(2)10-17(27)11-16/h5-8,12-17H,4,9-11,27H2,1-3H3,(H,30,32)/t15-,16+,17-/m0/s1. The van der Waals surface area contributed by atoms with Gasteiger partial charge in [0.25, 0.3) is 5.91 Å². The number of aromatic nitrogens is 2. The van der Waals surface area contributed by atoms with Crippen LogP contribution in [0.1, 0.15) is 54.9 Å². The number of carbonyl (C=O) groups is 1. The van der Waals surface area contributed by atoms with Crippen molar-refractivity contribution in [3.05, 3.63) is 59.8 Å². The van der Waals surface area contributed by atoms with Crippen LogP contribution in [0.3, 0.4) is 0 Å². The summed E-state index contributed by atoms with van der Waals surface area (Å²) in [5, 5.41) is 3.33. The summed E-state index contributed by atoms with van der Waals surface area (Å²) in [6.07, 6.45) is 8.01. The zero-order valence-corrected chi connectivity index (χ0v) is 18.8. The molecule has 0 unspecified atom stereocenters. The maximum Gasteiger partial charge on any atom is 0.257 e. The molecule has 3 atom stereocenters. The van der Waals surface area contributed by atoms with Crippen LogP contribution in [-0.2, 0) is 0 Å². The van der Waals surface area contributed by atoms with Crippen LogP contribution >= 0.6 is 0 Å². The molecule has 1 fully saturated rings. The largest absolute Gasteiger partial charge is 0.374 e. The van der Waals surface area contributed by atoms with E-state index in [2.05, 4.69) is 22.2 Å². The number of hydrogen-bond acceptors (Lipinski definition) is 5. The molecule has 2 heterocycles. The SMILES string of the molecule is CCN(C)c1cnc2c(C(=O)Nc3cnccc3[C@@H]3C[C@H](C)C[C@H](N)C3)ccc(F)c2c1. The van der Waals surface area contributed by atoms with Crippen LogP contribution in [-0.4, -0.2) is 35.5 Å². The van der Waals surface area contributed by atoms with E-state index in [0.717, 1.165) is 37.1 Å². The second-order valence-corrected chi connectivity index (χ2v) is 8.89. The first-order valence-corrected chi connectivity index (χ1v) is 11.2. The lowest BCUT2D eigenvalue weighted by Crippen LogP contribution is -2.31. The maximum absolute atomic E-state index is 14.6. The molecule has 1 aliphatic rings. The van der Waals surface area contributed by atoms with Gasteiger partial charge in [-0.25, -0.2) is 4.39 Å². The molecule has 2 aromatic heterocycles. The molecule has 0 saturated heterocycles. The Kier molecular flexibility index (Phi) is 6.37. The number of nitrogens with one attached hydrogen (secondary N) is 1. The van der Waals surface area contributed by atoms with Gasteiger partial charge >= 0.3 is 0 Å². The number of amides is 1. The van der Waals surface area contributed by atoms with E-state index in [1.54, 1.807) is 24.7 Å². The number of fused-ring (bicyclic) bond motifs is 1. The van der Waals surface area contributed by atoms with Crippen molar-refractivity contribution in [3.8, 4) is 0 Å². The number of rotatable bonds is 5. The number of nitrogens with two attached hydrogens (primary N) is 1. The Hall–Kier alpha value is -3.06. The molecule has 1 amide bonds. The molecule has 7 heteroatoms. The Morgan fingerprint density at radius 1 is 1.25 bits per heavy atom. The molecule has 3 aromatic rings. The molecule has 0 bridgehead atoms. The van der Waals surface area contributed by atoms with Crippen LogP contribution in [0.2, 0.25) is 0 Å². The van der Waals surface area contributed by atoms with Crippen LogP contribution < -0.4 is 16.0 Å². The molecule has 1 saturated carbocycles. The summed E-state index contributed by atoms with van der Waals surface area (Å²) in [5.74, 6) is 0.0626. The summed E-state index contributed by atoms with van der Waals surface area (Å²) in [7, 11) is 1.92. The molecule has 168 valence electrons. The number of pyridine rings is 2. The first-order valence-electron chi connectivity index (χ1n) is 11.2. The van der Waals surface area contributed by atoms with Crippen LogP contribution in [0, 0.1) is 11.7 Å². The van der Waals surface area contributed by atoms with Crippen LogP contribution in [0.15, 0.2) is 42.9 Å². The molecule has 4 rings (SSSR count). The number of hydrogen-bond donors (Lipinski definition) is 2. The molecule has 3 N–H and O–H groups in total. The number of carbonyl (C=O) groups excluding carboxylic acids is 1. The van der Waals surface area contributed by atoms with Gasteiger partial charge in [-0.3, -0.25) is 14.8 Å². The molecule has 0 radical (unpaired) electrons. The highest BCUT2D eigenvalue weighted by molar-refractivity contribution is 6.12. The minimum atomic E-state index is -0.400. The first-order chi connectivity index (χ1) is 15.4. The van der Waals surface area contributed by atoms with E-state index in [4.69, 9.17) is 5.73 Å². The Morgan fingerprint density at radius 3 is 2.81 bits per heavy atom. The van der Waals surface area contributed by atoms with E-state index in [1.807, 2.05) is 24.9 Å². The van der Waals surface area contributed by atoms with Gasteiger partial charge in [0.05, 0.1) is 34.8 Å². The summed E-state index contributed by atoms with van der Waals surface area (Å²) in [6.45, 7) is 4.99. The predicted molar refractivity (Wildman–Crippen MR) is 127 cm³/mol. The molecule has 6 nitrogen and oxygen atoms in total. The lowest BCUT2D eigenvalue weighted by molar-refractivity contribution is 0.102. The highest BCUT2D eigenvalue weighted by atomic mass is 19.1. The second kappa shape index (κ2) is 9.20. The van der Waals surface area contributed by atoms with E-state index in [-0.39, 0.29) is 17.9 Å². The minimum Gasteiger partial charge on any atom is -0.374 e. The van der Waals surface area contributed by atoms with E-state index in [9.17, 15) is 9.18 Å². The zero-order valence-electron chi connectivity index (χ0n) is 18.8. The molecular formula is C25H30FN5O. The smallest absolute Gasteiger partial charge is 0.257 e. The monoisotopic (exact) mass is 435 g/mol. The van der Waals surface area contributed by atoms with E-state index < -0.39 is 5.82 Å². The third kappa shape index (κ3) is 4.43. The van der Waals surface area contributed by atoms with Gasteiger partial charge in [0.15, 0.2) is 0 Å². The van der Waals surface area contributed by atoms with Gasteiger partial charge in [-0.05, 0) is 67.9 Å². The fraction of sp³-hybridized carbons (Fsp3) is 0.400. The average Bonchev–Trinajstić information content (AvgIpc) is 2.78. The van der Waals surface area contributed by atoms with Crippen LogP contribution in [0.4, 0.5) is 15.8 Å². The van der Waals surface area contributed by atoms with E-state index >= 15 is 0 Å². The summed E-state index contributed by atoms with van der Waals surface area (Å²) in [6, 6.07) is 6.65. The number of halogens is 1. The van der Waals surface area contributed by atoms with Crippen LogP contribution in [0.5, 0.6) is 0 Å². The summed E-state index contributed by atoms with van der Waals surface area (Å²) >= 11 is 0. The molecular weight excluding hydrogens is 405 g/mol. The Bertz CT molecular complexity index is 1120. The number of benzene rings is 1. The van der Waals surface area contributed by atoms with Crippen molar-refractivity contribution in [1.29, 1.82) is 0 Å². The van der Waals surface area contributed by atoms with Crippen LogP contribution in [0.25, 0.3) is 10.9 Å². The minimum absolute atomic E-state index is 0.154. The predicted octanol–water partition coefficient (Wildman–Crippen LogP) is 4.71. The average molecular weight is 436 g/mol. The lowest BCUT2D eigenvalue weighted by Gasteiger charge is -2.32. The van der Waals surface area contributed by atoms with Gasteiger partial charge < -0.3 is 16.0 Å². The fourth-order valence-corrected chi connectivity index (χ4v) is 4.72. The molecule has 0 spiro atoms. The van der Waals surface area contributed by atoms with Gasteiger partial charge in [0, 0.05) is 31.2 Å². The van der Waals surface area contributed by atoms with E-state index in [0.29, 0.717) is 28.1 Å². The topological polar surface area (TPSA) is 84.1 Å². The highest BCUT2D eigenvalue weighted by Gasteiger charge is 2.27. The van der Waals surface area contributed by atoms with Gasteiger partial charge in [-0.2, -0.15) is 0 Å². The number of nitrogens with zero attached hydrogens (tertiary/aromatic N) is 3. The summed E-state index contributed by atoms with van der Waals surface area (Å²) in [4.78, 5) is 23.9. The molecule has 1 aliphatic carbocycles. The number of anilines is 2. The first kappa shape index (κ1) is 22.1. The summed E-state index contributed by atoms with van der Waals surface area (Å²) in [5.41, 5.74) is 9.45. The van der Waals surface area contributed by atoms with E-state index in [1.165, 1.54) is 12.1 Å². The van der Waals surface area contributed by atoms with Crippen molar-refractivity contribution >= 4 is 28.2 Å². The summed E-state index contributed by atoms with van der Waals surface area (Å²) < 4.78 is 14.6. The van der Waals surface area contributed by atoms with Crippen molar-refractivity contribution in [1.82, 2.24) is 9.97 Å². The third-order valence-corrected chi connectivity index (χ3v) is 6.46. The maximum atomic E-state index is 14.6. The molecule has 1 aromatic carbocycles. The van der Waals surface area contributed by atoms with Crippen molar-refractivity contribution < 1.29 is 9.18 Å². The van der Waals surface area contributed by atoms with Gasteiger partial charge in [0.2, 0.25) is 0 Å². The zero-order chi connectivity index (χ0) is 22.8. The second-order valence-electron chi connectivity index (χ2n) is 8.89. The van der Waals surface area contributed by atoms with Gasteiger partial charge in [-0.15, -0.1) is 0 Å². The Labute approximate surface area is 188 Å². The van der Waals surface area contributed by atoms with Crippen molar-refractivity contribution in [2.45, 2.75) is 45.1 Å². The lowest BCUT2D eigenvalue weighted by atomic mass is 9.76. The Morgan fingerprint density at radius 2 is 2.06 bits per heavy atom. The third-order valence-electron chi connectivity index (χ3n) is 6.46. The highest BCUT2D eigenvalue weighted by Crippen LogP contribution is 2.38. The van der Waals surface area contributed by atoms with Gasteiger partial charge in [0.1, 0.15) is 5.82 Å². The molecule has 32 heavy (non-hydrogen) atoms. The molecule has 0 aliphatic heterocycles. The fourth-order valence-electron chi connectivity index (χ4n) is 4.72. The van der Waals surface area contributed by atoms with Crippen molar-refractivity contribution in [2.24, 2.45) is 11.7 Å². The van der Waals surface area contributed by atoms with Crippen molar-refractivity contribution in [3.63, 3.8) is 0 Å².